The molecule has 0 amide bonds. The summed E-state index contributed by atoms with van der Waals surface area (Å²) in [4.78, 5) is 15.6. The lowest BCUT2D eigenvalue weighted by Gasteiger charge is -2.57. The number of alkyl halides is 1. The van der Waals surface area contributed by atoms with Gasteiger partial charge in [0.2, 0.25) is 0 Å². The molecule has 1 N–H and O–H groups in total. The van der Waals surface area contributed by atoms with Gasteiger partial charge in [0.25, 0.3) is 0 Å². The highest BCUT2D eigenvalue weighted by Gasteiger charge is 2.60. The molecular formula is C25H40FNO3. The van der Waals surface area contributed by atoms with Gasteiger partial charge in [-0.2, -0.15) is 0 Å². The number of hydrogen-bond donors (Lipinski definition) is 1. The number of fused-ring (bicyclic) bond motifs is 5. The van der Waals surface area contributed by atoms with Crippen LogP contribution in [0.4, 0.5) is 4.39 Å². The van der Waals surface area contributed by atoms with Crippen LogP contribution in [0.5, 0.6) is 0 Å². The number of halogens is 1. The highest BCUT2D eigenvalue weighted by atomic mass is 19.1. The minimum absolute atomic E-state index is 0.0412. The maximum atomic E-state index is 15.4. The van der Waals surface area contributed by atoms with Crippen molar-refractivity contribution in [1.29, 1.82) is 0 Å². The first-order chi connectivity index (χ1) is 14.3. The lowest BCUT2D eigenvalue weighted by atomic mass is 9.48. The molecule has 0 radical (unpaired) electrons. The zero-order chi connectivity index (χ0) is 21.1. The van der Waals surface area contributed by atoms with E-state index in [-0.39, 0.29) is 17.3 Å². The van der Waals surface area contributed by atoms with Crippen molar-refractivity contribution in [3.05, 3.63) is 0 Å². The minimum Gasteiger partial charge on any atom is -0.390 e. The van der Waals surface area contributed by atoms with E-state index >= 15 is 4.39 Å². The van der Waals surface area contributed by atoms with Crippen LogP contribution >= 0.6 is 0 Å². The summed E-state index contributed by atoms with van der Waals surface area (Å²) < 4.78 is 20.8. The van der Waals surface area contributed by atoms with Crippen LogP contribution in [0.3, 0.4) is 0 Å². The fourth-order valence-corrected chi connectivity index (χ4v) is 8.62. The van der Waals surface area contributed by atoms with E-state index < -0.39 is 11.8 Å². The largest absolute Gasteiger partial charge is 0.390 e. The van der Waals surface area contributed by atoms with E-state index in [1.165, 1.54) is 0 Å². The second-order valence-electron chi connectivity index (χ2n) is 11.8. The number of aliphatic hydroxyl groups is 1. The summed E-state index contributed by atoms with van der Waals surface area (Å²) in [6.07, 6.45) is 6.65. The van der Waals surface area contributed by atoms with Crippen molar-refractivity contribution in [3.63, 3.8) is 0 Å². The number of nitrogens with zero attached hydrogens (tertiary/aromatic N) is 1. The summed E-state index contributed by atoms with van der Waals surface area (Å²) in [5.74, 6) is 2.57. The van der Waals surface area contributed by atoms with E-state index in [2.05, 4.69) is 11.8 Å². The Labute approximate surface area is 180 Å². The van der Waals surface area contributed by atoms with E-state index in [4.69, 9.17) is 4.74 Å². The predicted molar refractivity (Wildman–Crippen MR) is 114 cm³/mol. The van der Waals surface area contributed by atoms with E-state index in [0.29, 0.717) is 48.8 Å². The maximum absolute atomic E-state index is 15.4. The number of Topliss-reactive ketones (excluding diaryl/α,β-unsaturated/α-hetero) is 1. The van der Waals surface area contributed by atoms with Crippen molar-refractivity contribution in [2.45, 2.75) is 77.0 Å². The molecule has 9 atom stereocenters. The van der Waals surface area contributed by atoms with Crippen LogP contribution < -0.4 is 0 Å². The van der Waals surface area contributed by atoms with Crippen molar-refractivity contribution in [2.75, 3.05) is 32.8 Å². The molecule has 4 saturated carbocycles. The van der Waals surface area contributed by atoms with Crippen LogP contribution in [0, 0.1) is 40.9 Å². The van der Waals surface area contributed by atoms with Gasteiger partial charge in [0.1, 0.15) is 12.0 Å². The Balaban J connectivity index is 1.30. The maximum Gasteiger partial charge on any atom is 0.150 e. The standard InChI is InChI=1S/C25H40FNO3/c1-24(29)7-5-17-16-6-8-25(2)20(18(16)13-22(26)19(17)14-24)3-4-21(25)23(28)15-27-9-11-30-12-10-27/h16-22,29H,3-15H2,1-2H3. The molecule has 5 heteroatoms. The van der Waals surface area contributed by atoms with Crippen LogP contribution in [-0.2, 0) is 9.53 Å². The Hall–Kier alpha value is -0.520. The van der Waals surface area contributed by atoms with Crippen molar-refractivity contribution in [1.82, 2.24) is 4.90 Å². The van der Waals surface area contributed by atoms with Crippen molar-refractivity contribution < 1.29 is 19.0 Å². The Morgan fingerprint density at radius 1 is 1.03 bits per heavy atom. The molecule has 0 aromatic carbocycles. The molecule has 30 heavy (non-hydrogen) atoms. The molecule has 5 fully saturated rings. The number of morpholine rings is 1. The van der Waals surface area contributed by atoms with Gasteiger partial charge < -0.3 is 9.84 Å². The molecule has 5 rings (SSSR count). The fourth-order valence-electron chi connectivity index (χ4n) is 8.62. The lowest BCUT2D eigenvalue weighted by Crippen LogP contribution is -2.54. The van der Waals surface area contributed by atoms with Crippen LogP contribution in [-0.4, -0.2) is 60.4 Å². The first-order valence-corrected chi connectivity index (χ1v) is 12.5. The highest BCUT2D eigenvalue weighted by molar-refractivity contribution is 5.84. The van der Waals surface area contributed by atoms with Gasteiger partial charge in [-0.3, -0.25) is 9.69 Å². The molecule has 170 valence electrons. The van der Waals surface area contributed by atoms with Gasteiger partial charge in [-0.15, -0.1) is 0 Å². The first kappa shape index (κ1) is 21.3. The van der Waals surface area contributed by atoms with Gasteiger partial charge in [-0.25, -0.2) is 4.39 Å². The molecule has 1 saturated heterocycles. The first-order valence-electron chi connectivity index (χ1n) is 12.5. The summed E-state index contributed by atoms with van der Waals surface area (Å²) >= 11 is 0. The number of carbonyl (C=O) groups excluding carboxylic acids is 1. The summed E-state index contributed by atoms with van der Waals surface area (Å²) in [6, 6.07) is 0. The zero-order valence-corrected chi connectivity index (χ0v) is 18.8. The summed E-state index contributed by atoms with van der Waals surface area (Å²) in [6.45, 7) is 7.99. The van der Waals surface area contributed by atoms with Crippen molar-refractivity contribution in [2.24, 2.45) is 40.9 Å². The molecule has 0 aromatic heterocycles. The van der Waals surface area contributed by atoms with Gasteiger partial charge in [-0.05, 0) is 93.3 Å². The van der Waals surface area contributed by atoms with Crippen molar-refractivity contribution in [3.8, 4) is 0 Å². The topological polar surface area (TPSA) is 49.8 Å². The molecule has 4 nitrogen and oxygen atoms in total. The molecule has 5 aliphatic rings. The molecule has 0 bridgehead atoms. The molecule has 0 spiro atoms. The average Bonchev–Trinajstić information content (AvgIpc) is 3.06. The van der Waals surface area contributed by atoms with Gasteiger partial charge in [0, 0.05) is 19.0 Å². The fraction of sp³-hybridized carbons (Fsp3) is 0.960. The molecular weight excluding hydrogens is 381 g/mol. The Kier molecular flexibility index (Phi) is 5.55. The van der Waals surface area contributed by atoms with Gasteiger partial charge in [0.05, 0.1) is 25.4 Å². The number of carbonyl (C=O) groups is 1. The van der Waals surface area contributed by atoms with Crippen LogP contribution in [0.2, 0.25) is 0 Å². The van der Waals surface area contributed by atoms with E-state index in [9.17, 15) is 9.90 Å². The van der Waals surface area contributed by atoms with Crippen molar-refractivity contribution >= 4 is 5.78 Å². The monoisotopic (exact) mass is 421 g/mol. The Bertz CT molecular complexity index is 663. The molecule has 1 heterocycles. The van der Waals surface area contributed by atoms with E-state index in [1.807, 2.05) is 6.92 Å². The quantitative estimate of drug-likeness (QED) is 0.752. The minimum atomic E-state index is -0.784. The third-order valence-electron chi connectivity index (χ3n) is 10.1. The predicted octanol–water partition coefficient (Wildman–Crippen LogP) is 3.86. The lowest BCUT2D eigenvalue weighted by molar-refractivity contribution is -0.140. The Morgan fingerprint density at radius 2 is 1.73 bits per heavy atom. The Morgan fingerprint density at radius 3 is 2.50 bits per heavy atom. The molecule has 0 aromatic rings. The number of rotatable bonds is 3. The average molecular weight is 422 g/mol. The van der Waals surface area contributed by atoms with E-state index in [0.717, 1.165) is 64.8 Å². The second kappa shape index (κ2) is 7.81. The summed E-state index contributed by atoms with van der Waals surface area (Å²) in [7, 11) is 0. The van der Waals surface area contributed by atoms with Gasteiger partial charge in [0.15, 0.2) is 0 Å². The third kappa shape index (κ3) is 3.57. The normalized spacial score (nSPS) is 51.7. The third-order valence-corrected chi connectivity index (χ3v) is 10.1. The van der Waals surface area contributed by atoms with Crippen LogP contribution in [0.1, 0.15) is 65.2 Å². The summed E-state index contributed by atoms with van der Waals surface area (Å²) in [5, 5.41) is 10.5. The second-order valence-corrected chi connectivity index (χ2v) is 11.8. The SMILES string of the molecule is CC1(O)CCC2C(C1)C(F)CC1C2CCC2(C)C(C(=O)CN3CCOCC3)CCC12. The number of ether oxygens (including phenoxy) is 1. The highest BCUT2D eigenvalue weighted by Crippen LogP contribution is 2.65. The van der Waals surface area contributed by atoms with Gasteiger partial charge in [-0.1, -0.05) is 6.92 Å². The van der Waals surface area contributed by atoms with E-state index in [1.54, 1.807) is 0 Å². The smallest absolute Gasteiger partial charge is 0.150 e. The van der Waals surface area contributed by atoms with Crippen LogP contribution in [0.25, 0.3) is 0 Å². The molecule has 9 unspecified atom stereocenters. The number of ketones is 1. The zero-order valence-electron chi connectivity index (χ0n) is 18.8. The molecule has 1 aliphatic heterocycles. The summed E-state index contributed by atoms with van der Waals surface area (Å²) in [5.41, 5.74) is -0.636. The van der Waals surface area contributed by atoms with Crippen LogP contribution in [0.15, 0.2) is 0 Å². The molecule has 4 aliphatic carbocycles. The number of hydrogen-bond acceptors (Lipinski definition) is 4. The van der Waals surface area contributed by atoms with Gasteiger partial charge >= 0.3 is 0 Å².